The summed E-state index contributed by atoms with van der Waals surface area (Å²) in [6.07, 6.45) is 9.65. The highest BCUT2D eigenvalue weighted by molar-refractivity contribution is 5.11. The predicted molar refractivity (Wildman–Crippen MR) is 87.1 cm³/mol. The average molecular weight is 287 g/mol. The van der Waals surface area contributed by atoms with Crippen LogP contribution in [0.5, 0.6) is 0 Å². The van der Waals surface area contributed by atoms with Crippen molar-refractivity contribution in [3.8, 4) is 0 Å². The average Bonchev–Trinajstić information content (AvgIpc) is 3.36. The van der Waals surface area contributed by atoms with Crippen molar-refractivity contribution >= 4 is 0 Å². The molecule has 3 heteroatoms. The Morgan fingerprint density at radius 1 is 1.10 bits per heavy atom. The Labute approximate surface area is 129 Å². The van der Waals surface area contributed by atoms with E-state index in [9.17, 15) is 0 Å². The summed E-state index contributed by atoms with van der Waals surface area (Å²) in [5.41, 5.74) is 2.43. The summed E-state index contributed by atoms with van der Waals surface area (Å²) in [5, 5.41) is 3.55. The number of nitrogens with one attached hydrogen (secondary N) is 1. The second-order valence-corrected chi connectivity index (χ2v) is 6.63. The van der Waals surface area contributed by atoms with Crippen LogP contribution in [0.25, 0.3) is 0 Å². The van der Waals surface area contributed by atoms with E-state index < -0.39 is 0 Å². The molecule has 3 rings (SSSR count). The van der Waals surface area contributed by atoms with Crippen LogP contribution < -0.4 is 5.32 Å². The smallest absolute Gasteiger partial charge is 0.0547 e. The summed E-state index contributed by atoms with van der Waals surface area (Å²) in [4.78, 5) is 7.48. The van der Waals surface area contributed by atoms with Crippen LogP contribution in [0.4, 0.5) is 0 Å². The summed E-state index contributed by atoms with van der Waals surface area (Å²) in [6, 6.07) is 8.03. The van der Waals surface area contributed by atoms with Crippen molar-refractivity contribution in [1.82, 2.24) is 15.2 Å². The van der Waals surface area contributed by atoms with Gasteiger partial charge >= 0.3 is 0 Å². The molecule has 0 aliphatic heterocycles. The van der Waals surface area contributed by atoms with Gasteiger partial charge in [-0.1, -0.05) is 32.3 Å². The quantitative estimate of drug-likeness (QED) is 0.832. The highest BCUT2D eigenvalue weighted by Crippen LogP contribution is 2.23. The molecule has 1 N–H and O–H groups in total. The van der Waals surface area contributed by atoms with Crippen molar-refractivity contribution in [3.63, 3.8) is 0 Å². The topological polar surface area (TPSA) is 28.2 Å². The maximum Gasteiger partial charge on any atom is 0.0547 e. The van der Waals surface area contributed by atoms with Gasteiger partial charge in [0, 0.05) is 25.2 Å². The van der Waals surface area contributed by atoms with Crippen molar-refractivity contribution in [2.75, 3.05) is 6.54 Å². The Balaban J connectivity index is 1.57. The van der Waals surface area contributed by atoms with E-state index in [4.69, 9.17) is 4.98 Å². The Kier molecular flexibility index (Phi) is 5.26. The van der Waals surface area contributed by atoms with Crippen LogP contribution in [0.3, 0.4) is 0 Å². The summed E-state index contributed by atoms with van der Waals surface area (Å²) < 4.78 is 0. The van der Waals surface area contributed by atoms with E-state index in [-0.39, 0.29) is 0 Å². The van der Waals surface area contributed by atoms with Crippen molar-refractivity contribution in [2.45, 2.75) is 77.0 Å². The van der Waals surface area contributed by atoms with Gasteiger partial charge in [0.15, 0.2) is 0 Å². The largest absolute Gasteiger partial charge is 0.308 e. The van der Waals surface area contributed by atoms with Crippen LogP contribution in [-0.2, 0) is 13.1 Å². The lowest BCUT2D eigenvalue weighted by molar-refractivity contribution is 0.154. The molecular formula is C18H29N3. The SMILES string of the molecule is CCN(Cc1cccc(CNC2CC2)n1)C1CCCCC1. The van der Waals surface area contributed by atoms with Crippen LogP contribution in [0.2, 0.25) is 0 Å². The van der Waals surface area contributed by atoms with Crippen molar-refractivity contribution in [2.24, 2.45) is 0 Å². The molecule has 2 aliphatic rings. The van der Waals surface area contributed by atoms with E-state index in [1.54, 1.807) is 0 Å². The maximum atomic E-state index is 4.85. The fraction of sp³-hybridized carbons (Fsp3) is 0.722. The molecule has 1 heterocycles. The molecule has 2 aliphatic carbocycles. The Bertz CT molecular complexity index is 436. The minimum atomic E-state index is 0.754. The lowest BCUT2D eigenvalue weighted by atomic mass is 9.94. The van der Waals surface area contributed by atoms with Crippen molar-refractivity contribution in [1.29, 1.82) is 0 Å². The molecule has 2 fully saturated rings. The minimum Gasteiger partial charge on any atom is -0.308 e. The minimum absolute atomic E-state index is 0.754. The number of nitrogens with zero attached hydrogens (tertiary/aromatic N) is 2. The molecule has 0 bridgehead atoms. The van der Waals surface area contributed by atoms with Gasteiger partial charge in [0.25, 0.3) is 0 Å². The van der Waals surface area contributed by atoms with Gasteiger partial charge < -0.3 is 5.32 Å². The van der Waals surface area contributed by atoms with Crippen LogP contribution in [0.15, 0.2) is 18.2 Å². The molecule has 0 unspecified atom stereocenters. The zero-order valence-corrected chi connectivity index (χ0v) is 13.4. The third kappa shape index (κ3) is 4.52. The number of aromatic nitrogens is 1. The predicted octanol–water partition coefficient (Wildman–Crippen LogP) is 3.49. The highest BCUT2D eigenvalue weighted by atomic mass is 15.2. The normalized spacial score (nSPS) is 20.1. The van der Waals surface area contributed by atoms with Crippen molar-refractivity contribution in [3.05, 3.63) is 29.6 Å². The van der Waals surface area contributed by atoms with Gasteiger partial charge in [-0.25, -0.2) is 0 Å². The first-order valence-electron chi connectivity index (χ1n) is 8.77. The van der Waals surface area contributed by atoms with E-state index >= 15 is 0 Å². The van der Waals surface area contributed by atoms with E-state index in [1.165, 1.54) is 56.3 Å². The molecule has 116 valence electrons. The summed E-state index contributed by atoms with van der Waals surface area (Å²) >= 11 is 0. The molecule has 1 aromatic rings. The third-order valence-corrected chi connectivity index (χ3v) is 4.88. The summed E-state index contributed by atoms with van der Waals surface area (Å²) in [7, 11) is 0. The lowest BCUT2D eigenvalue weighted by Gasteiger charge is -2.33. The monoisotopic (exact) mass is 287 g/mol. The van der Waals surface area contributed by atoms with Gasteiger partial charge in [-0.15, -0.1) is 0 Å². The molecule has 1 aromatic heterocycles. The second kappa shape index (κ2) is 7.37. The molecule has 3 nitrogen and oxygen atoms in total. The zero-order valence-electron chi connectivity index (χ0n) is 13.4. The Morgan fingerprint density at radius 3 is 2.57 bits per heavy atom. The number of rotatable bonds is 7. The van der Waals surface area contributed by atoms with Gasteiger partial charge in [0.05, 0.1) is 11.4 Å². The number of pyridine rings is 1. The van der Waals surface area contributed by atoms with E-state index in [0.717, 1.165) is 31.7 Å². The van der Waals surface area contributed by atoms with E-state index in [2.05, 4.69) is 35.3 Å². The Morgan fingerprint density at radius 2 is 1.86 bits per heavy atom. The first kappa shape index (κ1) is 15.0. The highest BCUT2D eigenvalue weighted by Gasteiger charge is 2.21. The third-order valence-electron chi connectivity index (χ3n) is 4.88. The van der Waals surface area contributed by atoms with Gasteiger partial charge in [-0.05, 0) is 44.4 Å². The fourth-order valence-corrected chi connectivity index (χ4v) is 3.41. The summed E-state index contributed by atoms with van der Waals surface area (Å²) in [6.45, 7) is 5.36. The van der Waals surface area contributed by atoms with Gasteiger partial charge in [0.2, 0.25) is 0 Å². The standard InChI is InChI=1S/C18H29N3/c1-2-21(18-9-4-3-5-10-18)14-17-8-6-7-16(20-17)13-19-15-11-12-15/h6-8,15,18-19H,2-5,9-14H2,1H3. The van der Waals surface area contributed by atoms with Crippen LogP contribution >= 0.6 is 0 Å². The van der Waals surface area contributed by atoms with Gasteiger partial charge in [-0.2, -0.15) is 0 Å². The zero-order chi connectivity index (χ0) is 14.5. The molecule has 2 saturated carbocycles. The molecule has 0 radical (unpaired) electrons. The van der Waals surface area contributed by atoms with E-state index in [1.807, 2.05) is 0 Å². The Hall–Kier alpha value is -0.930. The molecule has 21 heavy (non-hydrogen) atoms. The fourth-order valence-electron chi connectivity index (χ4n) is 3.41. The lowest BCUT2D eigenvalue weighted by Crippen LogP contribution is -2.36. The number of hydrogen-bond acceptors (Lipinski definition) is 3. The molecule has 0 saturated heterocycles. The van der Waals surface area contributed by atoms with Crippen LogP contribution in [0, 0.1) is 0 Å². The molecule has 0 aromatic carbocycles. The molecule has 0 spiro atoms. The van der Waals surface area contributed by atoms with Gasteiger partial charge in [0.1, 0.15) is 0 Å². The first-order valence-corrected chi connectivity index (χ1v) is 8.77. The molecule has 0 amide bonds. The van der Waals surface area contributed by atoms with Gasteiger partial charge in [-0.3, -0.25) is 9.88 Å². The first-order chi connectivity index (χ1) is 10.3. The van der Waals surface area contributed by atoms with Crippen molar-refractivity contribution < 1.29 is 0 Å². The maximum absolute atomic E-state index is 4.85. The number of hydrogen-bond donors (Lipinski definition) is 1. The van der Waals surface area contributed by atoms with E-state index in [0.29, 0.717) is 0 Å². The molecular weight excluding hydrogens is 258 g/mol. The second-order valence-electron chi connectivity index (χ2n) is 6.63. The van der Waals surface area contributed by atoms with Crippen LogP contribution in [-0.4, -0.2) is 28.5 Å². The van der Waals surface area contributed by atoms with Crippen LogP contribution in [0.1, 0.15) is 63.3 Å². The summed E-state index contributed by atoms with van der Waals surface area (Å²) in [5.74, 6) is 0. The molecule has 0 atom stereocenters.